The van der Waals surface area contributed by atoms with Gasteiger partial charge in [0.25, 0.3) is 11.6 Å². The molecule has 2 aromatic rings. The van der Waals surface area contributed by atoms with E-state index in [0.717, 1.165) is 5.69 Å². The number of aryl methyl sites for hydroxylation is 1. The zero-order valence-electron chi connectivity index (χ0n) is 11.8. The number of carbonyl (C=O) groups is 1. The Kier molecular flexibility index (Phi) is 4.18. The maximum Gasteiger partial charge on any atom is 0.270 e. The zero-order chi connectivity index (χ0) is 15.6. The maximum absolute atomic E-state index is 12.3. The van der Waals surface area contributed by atoms with Crippen molar-refractivity contribution in [1.29, 1.82) is 0 Å². The quantitative estimate of drug-likeness (QED) is 0.693. The molecule has 0 aliphatic carbocycles. The molecule has 0 fully saturated rings. The molecule has 1 aromatic heterocycles. The number of nitro groups is 1. The van der Waals surface area contributed by atoms with Gasteiger partial charge in [-0.05, 0) is 13.0 Å². The van der Waals surface area contributed by atoms with Crippen molar-refractivity contribution in [3.05, 3.63) is 45.0 Å². The van der Waals surface area contributed by atoms with Crippen LogP contribution in [0.1, 0.15) is 16.1 Å². The van der Waals surface area contributed by atoms with E-state index in [4.69, 9.17) is 0 Å². The lowest BCUT2D eigenvalue weighted by atomic mass is 10.1. The summed E-state index contributed by atoms with van der Waals surface area (Å²) in [5, 5.41) is 15.8. The highest BCUT2D eigenvalue weighted by molar-refractivity contribution is 7.13. The predicted octanol–water partition coefficient (Wildman–Crippen LogP) is 2.68. The molecule has 0 atom stereocenters. The molecular weight excluding hydrogens is 292 g/mol. The van der Waals surface area contributed by atoms with Gasteiger partial charge >= 0.3 is 0 Å². The molecule has 0 unspecified atom stereocenters. The largest absolute Gasteiger partial charge is 0.377 e. The van der Waals surface area contributed by atoms with Gasteiger partial charge in [0.2, 0.25) is 0 Å². The van der Waals surface area contributed by atoms with E-state index in [9.17, 15) is 14.9 Å². The molecular formula is C13H14N4O3S. The van der Waals surface area contributed by atoms with Gasteiger partial charge in [-0.2, -0.15) is 0 Å². The number of benzene rings is 1. The summed E-state index contributed by atoms with van der Waals surface area (Å²) in [5.41, 5.74) is 1.52. The van der Waals surface area contributed by atoms with Crippen LogP contribution in [-0.2, 0) is 0 Å². The maximum atomic E-state index is 12.3. The average Bonchev–Trinajstić information content (AvgIpc) is 2.83. The smallest absolute Gasteiger partial charge is 0.270 e. The summed E-state index contributed by atoms with van der Waals surface area (Å²) in [7, 11) is 3.54. The SMILES string of the molecule is Cc1csc(NC(=O)c2cc([N+](=O)[O-])ccc2N(C)C)n1. The van der Waals surface area contributed by atoms with Crippen LogP contribution in [0.25, 0.3) is 0 Å². The standard InChI is InChI=1S/C13H14N4O3S/c1-8-7-21-13(14-8)15-12(18)10-6-9(17(19)20)4-5-11(10)16(2)3/h4-7H,1-3H3,(H,14,15,18). The number of nitrogens with one attached hydrogen (secondary N) is 1. The van der Waals surface area contributed by atoms with Crippen molar-refractivity contribution in [2.45, 2.75) is 6.92 Å². The normalized spacial score (nSPS) is 10.2. The van der Waals surface area contributed by atoms with Gasteiger partial charge in [0.1, 0.15) is 0 Å². The Morgan fingerprint density at radius 1 is 1.43 bits per heavy atom. The minimum atomic E-state index is -0.524. The number of nitro benzene ring substituents is 1. The molecule has 1 amide bonds. The fourth-order valence-corrected chi connectivity index (χ4v) is 2.47. The summed E-state index contributed by atoms with van der Waals surface area (Å²) < 4.78 is 0. The second-order valence-electron chi connectivity index (χ2n) is 4.60. The first-order valence-electron chi connectivity index (χ1n) is 6.07. The number of carbonyl (C=O) groups excluding carboxylic acids is 1. The molecule has 0 aliphatic heterocycles. The molecule has 0 bridgehead atoms. The predicted molar refractivity (Wildman–Crippen MR) is 82.2 cm³/mol. The highest BCUT2D eigenvalue weighted by atomic mass is 32.1. The number of thiazole rings is 1. The highest BCUT2D eigenvalue weighted by Crippen LogP contribution is 2.25. The van der Waals surface area contributed by atoms with Crippen molar-refractivity contribution in [1.82, 2.24) is 4.98 Å². The van der Waals surface area contributed by atoms with Crippen LogP contribution in [0.5, 0.6) is 0 Å². The molecule has 1 aromatic carbocycles. The van der Waals surface area contributed by atoms with E-state index < -0.39 is 10.8 Å². The number of amides is 1. The Morgan fingerprint density at radius 2 is 2.14 bits per heavy atom. The number of rotatable bonds is 4. The van der Waals surface area contributed by atoms with Gasteiger partial charge in [-0.25, -0.2) is 4.98 Å². The fourth-order valence-electron chi connectivity index (χ4n) is 1.79. The van der Waals surface area contributed by atoms with Crippen molar-refractivity contribution in [2.75, 3.05) is 24.3 Å². The topological polar surface area (TPSA) is 88.4 Å². The molecule has 1 N–H and O–H groups in total. The molecule has 0 radical (unpaired) electrons. The minimum absolute atomic E-state index is 0.124. The Labute approximate surface area is 125 Å². The molecule has 0 saturated heterocycles. The molecule has 0 spiro atoms. The summed E-state index contributed by atoms with van der Waals surface area (Å²) in [4.78, 5) is 28.5. The van der Waals surface area contributed by atoms with Crippen molar-refractivity contribution in [2.24, 2.45) is 0 Å². The van der Waals surface area contributed by atoms with Crippen molar-refractivity contribution in [3.63, 3.8) is 0 Å². The lowest BCUT2D eigenvalue weighted by Gasteiger charge is -2.16. The first-order valence-corrected chi connectivity index (χ1v) is 6.95. The lowest BCUT2D eigenvalue weighted by Crippen LogP contribution is -2.18. The summed E-state index contributed by atoms with van der Waals surface area (Å²) in [6.07, 6.45) is 0. The molecule has 2 rings (SSSR count). The van der Waals surface area contributed by atoms with Crippen LogP contribution in [0, 0.1) is 17.0 Å². The van der Waals surface area contributed by atoms with Gasteiger partial charge < -0.3 is 4.90 Å². The van der Waals surface area contributed by atoms with E-state index >= 15 is 0 Å². The van der Waals surface area contributed by atoms with Crippen molar-refractivity contribution >= 4 is 33.8 Å². The fraction of sp³-hybridized carbons (Fsp3) is 0.231. The first kappa shape index (κ1) is 14.9. The summed E-state index contributed by atoms with van der Waals surface area (Å²) in [6, 6.07) is 4.20. The van der Waals surface area contributed by atoms with Crippen molar-refractivity contribution < 1.29 is 9.72 Å². The number of hydrogen-bond donors (Lipinski definition) is 1. The van der Waals surface area contributed by atoms with Gasteiger partial charge in [-0.15, -0.1) is 11.3 Å². The summed E-state index contributed by atoms with van der Waals surface area (Å²) in [6.45, 7) is 1.82. The van der Waals surface area contributed by atoms with E-state index in [-0.39, 0.29) is 11.3 Å². The number of anilines is 2. The van der Waals surface area contributed by atoms with Crippen LogP contribution < -0.4 is 10.2 Å². The average molecular weight is 306 g/mol. The molecule has 1 heterocycles. The molecule has 110 valence electrons. The zero-order valence-corrected chi connectivity index (χ0v) is 12.6. The van der Waals surface area contributed by atoms with E-state index in [1.807, 2.05) is 12.3 Å². The Bertz CT molecular complexity index is 696. The molecule has 7 nitrogen and oxygen atoms in total. The number of aromatic nitrogens is 1. The molecule has 0 saturated carbocycles. The number of non-ortho nitro benzene ring substituents is 1. The molecule has 21 heavy (non-hydrogen) atoms. The monoisotopic (exact) mass is 306 g/mol. The van der Waals surface area contributed by atoms with Crippen molar-refractivity contribution in [3.8, 4) is 0 Å². The van der Waals surface area contributed by atoms with E-state index in [2.05, 4.69) is 10.3 Å². The number of nitrogens with zero attached hydrogens (tertiary/aromatic N) is 3. The van der Waals surface area contributed by atoms with Crippen LogP contribution in [0.3, 0.4) is 0 Å². The Hall–Kier alpha value is -2.48. The third-order valence-corrected chi connectivity index (χ3v) is 3.63. The Balaban J connectivity index is 2.37. The second-order valence-corrected chi connectivity index (χ2v) is 5.46. The molecule has 8 heteroatoms. The van der Waals surface area contributed by atoms with E-state index in [0.29, 0.717) is 10.8 Å². The van der Waals surface area contributed by atoms with Gasteiger partial charge in [-0.3, -0.25) is 20.2 Å². The third kappa shape index (κ3) is 3.34. The molecule has 0 aliphatic rings. The second kappa shape index (κ2) is 5.88. The van der Waals surface area contributed by atoms with Crippen LogP contribution in [0.4, 0.5) is 16.5 Å². The summed E-state index contributed by atoms with van der Waals surface area (Å²) >= 11 is 1.31. The van der Waals surface area contributed by atoms with Gasteiger partial charge in [0.15, 0.2) is 5.13 Å². The lowest BCUT2D eigenvalue weighted by molar-refractivity contribution is -0.384. The number of hydrogen-bond acceptors (Lipinski definition) is 6. The van der Waals surface area contributed by atoms with Gasteiger partial charge in [-0.1, -0.05) is 0 Å². The first-order chi connectivity index (χ1) is 9.88. The van der Waals surface area contributed by atoms with Crippen LogP contribution in [0.2, 0.25) is 0 Å². The van der Waals surface area contributed by atoms with Gasteiger partial charge in [0.05, 0.1) is 16.2 Å². The minimum Gasteiger partial charge on any atom is -0.377 e. The third-order valence-electron chi connectivity index (χ3n) is 2.76. The van der Waals surface area contributed by atoms with Gasteiger partial charge in [0, 0.05) is 37.3 Å². The summed E-state index contributed by atoms with van der Waals surface area (Å²) in [5.74, 6) is -0.420. The Morgan fingerprint density at radius 3 is 2.67 bits per heavy atom. The van der Waals surface area contributed by atoms with Crippen LogP contribution in [-0.4, -0.2) is 29.9 Å². The van der Waals surface area contributed by atoms with Crippen LogP contribution >= 0.6 is 11.3 Å². The van der Waals surface area contributed by atoms with E-state index in [1.165, 1.54) is 23.5 Å². The van der Waals surface area contributed by atoms with E-state index in [1.54, 1.807) is 25.1 Å². The van der Waals surface area contributed by atoms with Crippen LogP contribution in [0.15, 0.2) is 23.6 Å². The highest BCUT2D eigenvalue weighted by Gasteiger charge is 2.18.